The molecule has 0 radical (unpaired) electrons. The molecule has 28 heavy (non-hydrogen) atoms. The van der Waals surface area contributed by atoms with E-state index in [0.29, 0.717) is 40.6 Å². The van der Waals surface area contributed by atoms with Gasteiger partial charge in [0, 0.05) is 12.2 Å². The molecule has 0 saturated carbocycles. The lowest BCUT2D eigenvalue weighted by atomic mass is 10.0. The van der Waals surface area contributed by atoms with Crippen LogP contribution in [-0.2, 0) is 4.74 Å². The van der Waals surface area contributed by atoms with Gasteiger partial charge in [-0.3, -0.25) is 4.79 Å². The molecular weight excluding hydrogens is 360 g/mol. The third kappa shape index (κ3) is 3.32. The number of amides is 1. The van der Waals surface area contributed by atoms with Gasteiger partial charge in [0.05, 0.1) is 32.9 Å². The molecule has 2 heterocycles. The first kappa shape index (κ1) is 19.8. The maximum Gasteiger partial charge on any atom is 0.339 e. The third-order valence-corrected chi connectivity index (χ3v) is 5.35. The number of methoxy groups -OCH3 is 3. The van der Waals surface area contributed by atoms with E-state index in [0.717, 1.165) is 18.4 Å². The van der Waals surface area contributed by atoms with Crippen LogP contribution >= 0.6 is 0 Å². The van der Waals surface area contributed by atoms with E-state index in [1.54, 1.807) is 28.1 Å². The van der Waals surface area contributed by atoms with Crippen LogP contribution < -0.4 is 9.47 Å². The zero-order valence-corrected chi connectivity index (χ0v) is 16.9. The van der Waals surface area contributed by atoms with Crippen LogP contribution in [0.15, 0.2) is 18.2 Å². The van der Waals surface area contributed by atoms with Gasteiger partial charge in [0.1, 0.15) is 5.69 Å². The molecule has 1 aromatic carbocycles. The molecule has 1 aliphatic rings. The average molecular weight is 386 g/mol. The zero-order chi connectivity index (χ0) is 20.4. The van der Waals surface area contributed by atoms with E-state index in [1.165, 1.54) is 7.11 Å². The maximum atomic E-state index is 13.3. The van der Waals surface area contributed by atoms with Crippen LogP contribution in [0.1, 0.15) is 56.6 Å². The molecule has 1 N–H and O–H groups in total. The molecule has 0 bridgehead atoms. The van der Waals surface area contributed by atoms with Crippen LogP contribution in [0.3, 0.4) is 0 Å². The standard InChI is InChI=1S/C21H26N2O5/c1-12-18(21(25)28-5)13(2)22-19(12)20(24)23-10-6-7-15(23)14-8-9-16(26-3)17(11-14)27-4/h8-9,11,15,22H,6-7,10H2,1-5H3/t15-/m0/s1. The summed E-state index contributed by atoms with van der Waals surface area (Å²) in [6.45, 7) is 4.19. The lowest BCUT2D eigenvalue weighted by Gasteiger charge is -2.25. The van der Waals surface area contributed by atoms with Crippen molar-refractivity contribution in [1.29, 1.82) is 0 Å². The number of carbonyl (C=O) groups is 2. The molecule has 1 atom stereocenters. The van der Waals surface area contributed by atoms with Gasteiger partial charge in [-0.25, -0.2) is 4.79 Å². The average Bonchev–Trinajstić information content (AvgIpc) is 3.31. The smallest absolute Gasteiger partial charge is 0.339 e. The fraction of sp³-hybridized carbons (Fsp3) is 0.429. The lowest BCUT2D eigenvalue weighted by Crippen LogP contribution is -2.31. The minimum atomic E-state index is -0.442. The Labute approximate surface area is 164 Å². The van der Waals surface area contributed by atoms with E-state index in [4.69, 9.17) is 14.2 Å². The van der Waals surface area contributed by atoms with Gasteiger partial charge in [0.2, 0.25) is 0 Å². The number of nitrogens with zero attached hydrogens (tertiary/aromatic N) is 1. The van der Waals surface area contributed by atoms with Crippen LogP contribution in [0.4, 0.5) is 0 Å². The topological polar surface area (TPSA) is 80.9 Å². The van der Waals surface area contributed by atoms with Crippen LogP contribution in [0.5, 0.6) is 11.5 Å². The van der Waals surface area contributed by atoms with E-state index < -0.39 is 5.97 Å². The first-order valence-corrected chi connectivity index (χ1v) is 9.23. The highest BCUT2D eigenvalue weighted by Gasteiger charge is 2.34. The number of benzene rings is 1. The van der Waals surface area contributed by atoms with Gasteiger partial charge in [-0.1, -0.05) is 6.07 Å². The number of aromatic amines is 1. The molecule has 1 aliphatic heterocycles. The van der Waals surface area contributed by atoms with E-state index in [1.807, 2.05) is 23.1 Å². The summed E-state index contributed by atoms with van der Waals surface area (Å²) in [6.07, 6.45) is 1.77. The molecule has 3 rings (SSSR count). The molecular formula is C21H26N2O5. The second-order valence-electron chi connectivity index (χ2n) is 6.89. The first-order chi connectivity index (χ1) is 13.4. The zero-order valence-electron chi connectivity index (χ0n) is 16.9. The van der Waals surface area contributed by atoms with Crippen molar-refractivity contribution in [1.82, 2.24) is 9.88 Å². The van der Waals surface area contributed by atoms with Crippen molar-refractivity contribution < 1.29 is 23.8 Å². The van der Waals surface area contributed by atoms with Gasteiger partial charge in [-0.2, -0.15) is 0 Å². The van der Waals surface area contributed by atoms with Crippen molar-refractivity contribution in [2.45, 2.75) is 32.7 Å². The molecule has 2 aromatic rings. The maximum absolute atomic E-state index is 13.3. The quantitative estimate of drug-likeness (QED) is 0.797. The number of aromatic nitrogens is 1. The summed E-state index contributed by atoms with van der Waals surface area (Å²) in [5.41, 5.74) is 3.11. The molecule has 0 aliphatic carbocycles. The second kappa shape index (κ2) is 7.96. The number of likely N-dealkylation sites (tertiary alicyclic amines) is 1. The van der Waals surface area contributed by atoms with E-state index in [-0.39, 0.29) is 11.9 Å². The molecule has 150 valence electrons. The van der Waals surface area contributed by atoms with Crippen molar-refractivity contribution in [3.8, 4) is 11.5 Å². The van der Waals surface area contributed by atoms with Gasteiger partial charge in [-0.05, 0) is 49.9 Å². The first-order valence-electron chi connectivity index (χ1n) is 9.23. The second-order valence-corrected chi connectivity index (χ2v) is 6.89. The Hall–Kier alpha value is -2.96. The van der Waals surface area contributed by atoms with Crippen LogP contribution in [0.2, 0.25) is 0 Å². The molecule has 0 unspecified atom stereocenters. The highest BCUT2D eigenvalue weighted by atomic mass is 16.5. The number of hydrogen-bond donors (Lipinski definition) is 1. The van der Waals surface area contributed by atoms with Crippen molar-refractivity contribution in [3.05, 3.63) is 46.3 Å². The Kier molecular flexibility index (Phi) is 5.63. The van der Waals surface area contributed by atoms with Crippen molar-refractivity contribution in [2.75, 3.05) is 27.9 Å². The number of rotatable bonds is 5. The number of esters is 1. The Balaban J connectivity index is 1.93. The number of ether oxygens (including phenoxy) is 3. The highest BCUT2D eigenvalue weighted by Crippen LogP contribution is 2.38. The fourth-order valence-electron chi connectivity index (χ4n) is 3.93. The summed E-state index contributed by atoms with van der Waals surface area (Å²) in [6, 6.07) is 5.68. The van der Waals surface area contributed by atoms with E-state index in [2.05, 4.69) is 4.98 Å². The molecule has 1 fully saturated rings. The van der Waals surface area contributed by atoms with Gasteiger partial charge in [-0.15, -0.1) is 0 Å². The van der Waals surface area contributed by atoms with Gasteiger partial charge in [0.25, 0.3) is 5.91 Å². The Morgan fingerprint density at radius 3 is 2.46 bits per heavy atom. The predicted molar refractivity (Wildman–Crippen MR) is 104 cm³/mol. The predicted octanol–water partition coefficient (Wildman–Crippen LogP) is 3.41. The van der Waals surface area contributed by atoms with Crippen molar-refractivity contribution >= 4 is 11.9 Å². The molecule has 7 heteroatoms. The Bertz CT molecular complexity index is 902. The summed E-state index contributed by atoms with van der Waals surface area (Å²) < 4.78 is 15.6. The minimum absolute atomic E-state index is 0.0584. The number of aryl methyl sites for hydroxylation is 1. The number of carbonyl (C=O) groups excluding carboxylic acids is 2. The molecule has 1 amide bonds. The molecule has 1 aromatic heterocycles. The summed E-state index contributed by atoms with van der Waals surface area (Å²) in [7, 11) is 4.53. The van der Waals surface area contributed by atoms with Crippen LogP contribution in [0, 0.1) is 13.8 Å². The van der Waals surface area contributed by atoms with Gasteiger partial charge in [0.15, 0.2) is 11.5 Å². The third-order valence-electron chi connectivity index (χ3n) is 5.35. The summed E-state index contributed by atoms with van der Waals surface area (Å²) >= 11 is 0. The summed E-state index contributed by atoms with van der Waals surface area (Å²) in [5, 5.41) is 0. The van der Waals surface area contributed by atoms with E-state index in [9.17, 15) is 9.59 Å². The normalized spacial score (nSPS) is 16.2. The monoisotopic (exact) mass is 386 g/mol. The molecule has 1 saturated heterocycles. The SMILES string of the molecule is COC(=O)c1c(C)[nH]c(C(=O)N2CCC[C@H]2c2ccc(OC)c(OC)c2)c1C. The molecule has 0 spiro atoms. The lowest BCUT2D eigenvalue weighted by molar-refractivity contribution is 0.0599. The fourth-order valence-corrected chi connectivity index (χ4v) is 3.93. The minimum Gasteiger partial charge on any atom is -0.493 e. The van der Waals surface area contributed by atoms with Crippen LogP contribution in [0.25, 0.3) is 0 Å². The summed E-state index contributed by atoms with van der Waals surface area (Å²) in [5.74, 6) is 0.732. The van der Waals surface area contributed by atoms with Crippen LogP contribution in [-0.4, -0.2) is 49.6 Å². The van der Waals surface area contributed by atoms with E-state index >= 15 is 0 Å². The Morgan fingerprint density at radius 2 is 1.82 bits per heavy atom. The summed E-state index contributed by atoms with van der Waals surface area (Å²) in [4.78, 5) is 30.3. The molecule has 7 nitrogen and oxygen atoms in total. The van der Waals surface area contributed by atoms with Gasteiger partial charge < -0.3 is 24.1 Å². The van der Waals surface area contributed by atoms with Gasteiger partial charge >= 0.3 is 5.97 Å². The Morgan fingerprint density at radius 1 is 1.11 bits per heavy atom. The number of nitrogens with one attached hydrogen (secondary N) is 1. The largest absolute Gasteiger partial charge is 0.493 e. The number of H-pyrrole nitrogens is 1. The van der Waals surface area contributed by atoms with Crippen molar-refractivity contribution in [2.24, 2.45) is 0 Å². The number of hydrogen-bond acceptors (Lipinski definition) is 5. The highest BCUT2D eigenvalue weighted by molar-refractivity contribution is 6.00. The van der Waals surface area contributed by atoms with Crippen molar-refractivity contribution in [3.63, 3.8) is 0 Å².